The summed E-state index contributed by atoms with van der Waals surface area (Å²) >= 11 is 0. The molecule has 5 heteroatoms. The molecule has 3 atom stereocenters. The van der Waals surface area contributed by atoms with Gasteiger partial charge in [0, 0.05) is 25.2 Å². The van der Waals surface area contributed by atoms with Gasteiger partial charge in [0.25, 0.3) is 0 Å². The van der Waals surface area contributed by atoms with Crippen LogP contribution in [0.1, 0.15) is 32.1 Å². The van der Waals surface area contributed by atoms with Crippen LogP contribution in [0.3, 0.4) is 0 Å². The molecule has 1 N–H and O–H groups in total. The molecule has 0 spiro atoms. The summed E-state index contributed by atoms with van der Waals surface area (Å²) in [4.78, 5) is 17.0. The molecule has 1 amide bonds. The number of fused-ring (bicyclic) bond motifs is 2. The van der Waals surface area contributed by atoms with Crippen molar-refractivity contribution in [2.24, 2.45) is 0 Å². The van der Waals surface area contributed by atoms with Gasteiger partial charge in [-0.3, -0.25) is 9.69 Å². The Morgan fingerprint density at radius 2 is 1.94 bits per heavy atom. The Morgan fingerprint density at radius 3 is 2.67 bits per heavy atom. The summed E-state index contributed by atoms with van der Waals surface area (Å²) in [6.45, 7) is 2.92. The first-order chi connectivity index (χ1) is 8.25. The van der Waals surface area contributed by atoms with E-state index in [1.807, 2.05) is 0 Å². The molecule has 3 saturated heterocycles. The fraction of sp³-hybridized carbons (Fsp3) is 0.923. The minimum absolute atomic E-state index is 0. The van der Waals surface area contributed by atoms with Gasteiger partial charge in [0.1, 0.15) is 0 Å². The average molecular weight is 274 g/mol. The number of hydrogen-bond acceptors (Lipinski definition) is 3. The lowest BCUT2D eigenvalue weighted by Gasteiger charge is -2.28. The SMILES string of the molecule is CN1C2CCC1CN(C(=O)[C@@H]1CCCN1)CC2.Cl. The molecule has 4 nitrogen and oxygen atoms in total. The zero-order chi connectivity index (χ0) is 11.8. The first kappa shape index (κ1) is 14.1. The van der Waals surface area contributed by atoms with Gasteiger partial charge in [-0.2, -0.15) is 0 Å². The monoisotopic (exact) mass is 273 g/mol. The molecule has 0 radical (unpaired) electrons. The van der Waals surface area contributed by atoms with Crippen molar-refractivity contribution in [1.29, 1.82) is 0 Å². The second-order valence-electron chi connectivity index (χ2n) is 5.77. The van der Waals surface area contributed by atoms with Crippen molar-refractivity contribution in [2.45, 2.75) is 50.2 Å². The number of nitrogens with one attached hydrogen (secondary N) is 1. The van der Waals surface area contributed by atoms with Gasteiger partial charge in [-0.05, 0) is 45.7 Å². The number of carbonyl (C=O) groups is 1. The van der Waals surface area contributed by atoms with E-state index in [0.717, 1.165) is 38.9 Å². The molecule has 2 bridgehead atoms. The van der Waals surface area contributed by atoms with E-state index in [4.69, 9.17) is 0 Å². The van der Waals surface area contributed by atoms with E-state index in [1.54, 1.807) is 0 Å². The van der Waals surface area contributed by atoms with Gasteiger partial charge in [-0.1, -0.05) is 0 Å². The highest BCUT2D eigenvalue weighted by Crippen LogP contribution is 2.28. The molecule has 0 aromatic rings. The van der Waals surface area contributed by atoms with Crippen molar-refractivity contribution in [3.8, 4) is 0 Å². The summed E-state index contributed by atoms with van der Waals surface area (Å²) in [6, 6.07) is 1.43. The van der Waals surface area contributed by atoms with Crippen LogP contribution in [0, 0.1) is 0 Å². The van der Waals surface area contributed by atoms with E-state index in [2.05, 4.69) is 22.2 Å². The number of amides is 1. The maximum atomic E-state index is 12.4. The minimum Gasteiger partial charge on any atom is -0.340 e. The molecule has 3 aliphatic heterocycles. The van der Waals surface area contributed by atoms with Crippen LogP contribution >= 0.6 is 12.4 Å². The van der Waals surface area contributed by atoms with Crippen LogP contribution < -0.4 is 5.32 Å². The number of likely N-dealkylation sites (tertiary alicyclic amines) is 1. The van der Waals surface area contributed by atoms with Gasteiger partial charge >= 0.3 is 0 Å². The topological polar surface area (TPSA) is 35.6 Å². The quantitative estimate of drug-likeness (QED) is 0.770. The third kappa shape index (κ3) is 2.51. The maximum Gasteiger partial charge on any atom is 0.239 e. The van der Waals surface area contributed by atoms with E-state index in [1.165, 1.54) is 12.8 Å². The van der Waals surface area contributed by atoms with Gasteiger partial charge in [-0.25, -0.2) is 0 Å². The lowest BCUT2D eigenvalue weighted by atomic mass is 10.1. The number of hydrogen-bond donors (Lipinski definition) is 1. The zero-order valence-electron chi connectivity index (χ0n) is 11.1. The predicted molar refractivity (Wildman–Crippen MR) is 74.0 cm³/mol. The van der Waals surface area contributed by atoms with Crippen LogP contribution in [0.15, 0.2) is 0 Å². The van der Waals surface area contributed by atoms with Gasteiger partial charge in [0.05, 0.1) is 6.04 Å². The molecule has 3 aliphatic rings. The Hall–Kier alpha value is -0.320. The van der Waals surface area contributed by atoms with Crippen LogP contribution in [-0.4, -0.2) is 60.5 Å². The fourth-order valence-electron chi connectivity index (χ4n) is 3.62. The maximum absolute atomic E-state index is 12.4. The van der Waals surface area contributed by atoms with E-state index in [0.29, 0.717) is 18.0 Å². The largest absolute Gasteiger partial charge is 0.340 e. The van der Waals surface area contributed by atoms with Crippen molar-refractivity contribution < 1.29 is 4.79 Å². The Balaban J connectivity index is 0.00000120. The second kappa shape index (κ2) is 5.76. The highest BCUT2D eigenvalue weighted by Gasteiger charge is 2.37. The second-order valence-corrected chi connectivity index (χ2v) is 5.77. The standard InChI is InChI=1S/C13H23N3O.ClH/c1-15-10-4-5-11(15)9-16(8-6-10)13(17)12-3-2-7-14-12;/h10-12,14H,2-9H2,1H3;1H/t10?,11?,12-;/m0./s1. The van der Waals surface area contributed by atoms with Crippen LogP contribution in [0.2, 0.25) is 0 Å². The Bertz CT molecular complexity index is 307. The van der Waals surface area contributed by atoms with E-state index >= 15 is 0 Å². The number of carbonyl (C=O) groups excluding carboxylic acids is 1. The summed E-state index contributed by atoms with van der Waals surface area (Å²) in [7, 11) is 2.23. The normalized spacial score (nSPS) is 36.3. The molecule has 0 aromatic heterocycles. The highest BCUT2D eigenvalue weighted by molar-refractivity contribution is 5.85. The first-order valence-corrected chi connectivity index (χ1v) is 7.00. The van der Waals surface area contributed by atoms with Gasteiger partial charge < -0.3 is 10.2 Å². The Kier molecular flexibility index (Phi) is 4.51. The lowest BCUT2D eigenvalue weighted by molar-refractivity contribution is -0.133. The summed E-state index contributed by atoms with van der Waals surface area (Å²) in [5, 5.41) is 3.32. The molecule has 0 aliphatic carbocycles. The molecule has 0 saturated carbocycles. The molecule has 18 heavy (non-hydrogen) atoms. The summed E-state index contributed by atoms with van der Waals surface area (Å²) in [6.07, 6.45) is 5.93. The first-order valence-electron chi connectivity index (χ1n) is 7.00. The number of halogens is 1. The van der Waals surface area contributed by atoms with E-state index in [9.17, 15) is 4.79 Å². The molecule has 0 aromatic carbocycles. The van der Waals surface area contributed by atoms with E-state index in [-0.39, 0.29) is 18.4 Å². The number of likely N-dealkylation sites (N-methyl/N-ethyl adjacent to an activating group) is 1. The van der Waals surface area contributed by atoms with Crippen molar-refractivity contribution in [2.75, 3.05) is 26.7 Å². The Morgan fingerprint density at radius 1 is 1.17 bits per heavy atom. The summed E-state index contributed by atoms with van der Waals surface area (Å²) in [5.41, 5.74) is 0. The van der Waals surface area contributed by atoms with Crippen molar-refractivity contribution in [1.82, 2.24) is 15.1 Å². The Labute approximate surface area is 115 Å². The lowest BCUT2D eigenvalue weighted by Crippen LogP contribution is -2.47. The van der Waals surface area contributed by atoms with Crippen LogP contribution in [-0.2, 0) is 4.79 Å². The fourth-order valence-corrected chi connectivity index (χ4v) is 3.62. The molecule has 3 rings (SSSR count). The molecule has 3 heterocycles. The van der Waals surface area contributed by atoms with Crippen molar-refractivity contribution in [3.05, 3.63) is 0 Å². The van der Waals surface area contributed by atoms with Crippen molar-refractivity contribution >= 4 is 18.3 Å². The summed E-state index contributed by atoms with van der Waals surface area (Å²) < 4.78 is 0. The zero-order valence-corrected chi connectivity index (χ0v) is 11.9. The molecule has 3 fully saturated rings. The molecular formula is C13H24ClN3O. The van der Waals surface area contributed by atoms with E-state index < -0.39 is 0 Å². The van der Waals surface area contributed by atoms with Gasteiger partial charge in [0.2, 0.25) is 5.91 Å². The highest BCUT2D eigenvalue weighted by atomic mass is 35.5. The predicted octanol–water partition coefficient (Wildman–Crippen LogP) is 0.855. The summed E-state index contributed by atoms with van der Waals surface area (Å²) in [5.74, 6) is 0.350. The number of nitrogens with zero attached hydrogens (tertiary/aromatic N) is 2. The third-order valence-electron chi connectivity index (χ3n) is 4.82. The average Bonchev–Trinajstić information content (AvgIpc) is 2.88. The van der Waals surface area contributed by atoms with Crippen LogP contribution in [0.4, 0.5) is 0 Å². The minimum atomic E-state index is 0. The van der Waals surface area contributed by atoms with Crippen molar-refractivity contribution in [3.63, 3.8) is 0 Å². The number of rotatable bonds is 1. The molecule has 104 valence electrons. The smallest absolute Gasteiger partial charge is 0.239 e. The van der Waals surface area contributed by atoms with Gasteiger partial charge in [-0.15, -0.1) is 12.4 Å². The third-order valence-corrected chi connectivity index (χ3v) is 4.82. The molecular weight excluding hydrogens is 250 g/mol. The van der Waals surface area contributed by atoms with Crippen LogP contribution in [0.5, 0.6) is 0 Å². The molecule has 2 unspecified atom stereocenters. The van der Waals surface area contributed by atoms with Gasteiger partial charge in [0.15, 0.2) is 0 Å². The van der Waals surface area contributed by atoms with Crippen LogP contribution in [0.25, 0.3) is 0 Å².